The van der Waals surface area contributed by atoms with Gasteiger partial charge < -0.3 is 0 Å². The van der Waals surface area contributed by atoms with E-state index in [1.54, 1.807) is 0 Å². The average Bonchev–Trinajstić information content (AvgIpc) is 3.57. The highest BCUT2D eigenvalue weighted by Gasteiger charge is 2.64. The van der Waals surface area contributed by atoms with Crippen molar-refractivity contribution in [2.24, 2.45) is 0 Å². The minimum Gasteiger partial charge on any atom is -0.251 e. The zero-order valence-electron chi connectivity index (χ0n) is 19.1. The average molecular weight is 540 g/mol. The molecular weight excluding hydrogens is 522 g/mol. The molecule has 0 unspecified atom stereocenters. The lowest BCUT2D eigenvalue weighted by atomic mass is 9.93. The molecule has 1 aliphatic rings. The van der Waals surface area contributed by atoms with E-state index in [2.05, 4.69) is 15.1 Å². The first kappa shape index (κ1) is 25.2. The fraction of sp³-hybridized carbons (Fsp3) is 0.292. The molecule has 0 atom stereocenters. The van der Waals surface area contributed by atoms with Crippen molar-refractivity contribution < 1.29 is 34.8 Å². The highest BCUT2D eigenvalue weighted by molar-refractivity contribution is 7.91. The summed E-state index contributed by atoms with van der Waals surface area (Å²) < 4.78 is 106. The number of hydrogen-bond acceptors (Lipinski definition) is 5. The summed E-state index contributed by atoms with van der Waals surface area (Å²) in [6.07, 6.45) is -5.36. The highest BCUT2D eigenvalue weighted by atomic mass is 32.2. The molecule has 13 heteroatoms. The van der Waals surface area contributed by atoms with E-state index < -0.39 is 33.3 Å². The number of aromatic nitrogens is 4. The molecule has 4 aromatic rings. The Labute approximate surface area is 206 Å². The summed E-state index contributed by atoms with van der Waals surface area (Å²) in [7, 11) is -3.88. The van der Waals surface area contributed by atoms with Crippen LogP contribution in [-0.4, -0.2) is 40.1 Å². The van der Waals surface area contributed by atoms with Crippen molar-refractivity contribution in [2.75, 3.05) is 5.75 Å². The molecule has 0 spiro atoms. The van der Waals surface area contributed by atoms with Gasteiger partial charge >= 0.3 is 12.4 Å². The lowest BCUT2D eigenvalue weighted by molar-refractivity contribution is -0.160. The Morgan fingerprint density at radius 3 is 2.19 bits per heavy atom. The number of sulfone groups is 1. The largest absolute Gasteiger partial charge is 0.433 e. The summed E-state index contributed by atoms with van der Waals surface area (Å²) in [6.45, 7) is 1.42. The lowest BCUT2D eigenvalue weighted by Crippen LogP contribution is -2.28. The molecule has 1 fully saturated rings. The molecule has 3 aromatic heterocycles. The first-order valence-electron chi connectivity index (χ1n) is 11.1. The Kier molecular flexibility index (Phi) is 5.63. The molecule has 194 valence electrons. The van der Waals surface area contributed by atoms with Gasteiger partial charge in [-0.25, -0.2) is 18.1 Å². The van der Waals surface area contributed by atoms with E-state index in [-0.39, 0.29) is 45.8 Å². The van der Waals surface area contributed by atoms with Crippen LogP contribution >= 0.6 is 0 Å². The van der Waals surface area contributed by atoms with Crippen LogP contribution < -0.4 is 0 Å². The Hall–Kier alpha value is -3.48. The van der Waals surface area contributed by atoms with Crippen LogP contribution in [0.3, 0.4) is 0 Å². The second-order valence-corrected chi connectivity index (χ2v) is 11.1. The Morgan fingerprint density at radius 2 is 1.62 bits per heavy atom. The van der Waals surface area contributed by atoms with Gasteiger partial charge in [-0.05, 0) is 36.1 Å². The Balaban J connectivity index is 1.57. The van der Waals surface area contributed by atoms with Crippen molar-refractivity contribution in [2.45, 2.75) is 42.4 Å². The van der Waals surface area contributed by atoms with Gasteiger partial charge in [0.1, 0.15) is 10.6 Å². The van der Waals surface area contributed by atoms with Crippen molar-refractivity contribution >= 4 is 20.7 Å². The van der Waals surface area contributed by atoms with Crippen LogP contribution in [0.25, 0.3) is 27.8 Å². The molecule has 0 amide bonds. The SMILES string of the molecule is CCS(=O)(=O)c1cc(-c2ccc(C3(C(F)(F)F)CC3)cc2)cnc1-n1cc2cnc(C(F)(F)F)cc2n1. The summed E-state index contributed by atoms with van der Waals surface area (Å²) in [4.78, 5) is 7.39. The lowest BCUT2D eigenvalue weighted by Gasteiger charge is -2.20. The molecule has 0 aliphatic heterocycles. The quantitative estimate of drug-likeness (QED) is 0.295. The maximum atomic E-state index is 13.4. The van der Waals surface area contributed by atoms with Crippen molar-refractivity contribution in [1.29, 1.82) is 0 Å². The number of fused-ring (bicyclic) bond motifs is 1. The predicted octanol–water partition coefficient (Wildman–Crippen LogP) is 5.89. The first-order valence-corrected chi connectivity index (χ1v) is 12.7. The molecule has 5 rings (SSSR count). The number of benzene rings is 1. The normalized spacial score (nSPS) is 15.8. The number of rotatable bonds is 5. The van der Waals surface area contributed by atoms with Gasteiger partial charge in [0.2, 0.25) is 0 Å². The zero-order valence-corrected chi connectivity index (χ0v) is 19.9. The van der Waals surface area contributed by atoms with Crippen LogP contribution in [0.1, 0.15) is 31.0 Å². The van der Waals surface area contributed by atoms with Crippen LogP contribution in [0, 0.1) is 0 Å². The van der Waals surface area contributed by atoms with Crippen LogP contribution in [0.5, 0.6) is 0 Å². The second-order valence-electron chi connectivity index (χ2n) is 8.81. The minimum atomic E-state index is -4.68. The van der Waals surface area contributed by atoms with Crippen molar-refractivity contribution in [3.05, 3.63) is 66.2 Å². The van der Waals surface area contributed by atoms with E-state index in [4.69, 9.17) is 0 Å². The van der Waals surface area contributed by atoms with Gasteiger partial charge in [0.15, 0.2) is 15.7 Å². The summed E-state index contributed by atoms with van der Waals surface area (Å²) in [5, 5.41) is 4.32. The number of alkyl halides is 6. The van der Waals surface area contributed by atoms with Gasteiger partial charge in [0.25, 0.3) is 0 Å². The maximum Gasteiger partial charge on any atom is 0.433 e. The summed E-state index contributed by atoms with van der Waals surface area (Å²) in [5.74, 6) is -0.417. The first-order chi connectivity index (χ1) is 17.2. The summed E-state index contributed by atoms with van der Waals surface area (Å²) in [6, 6.07) is 7.80. The Morgan fingerprint density at radius 1 is 0.946 bits per heavy atom. The van der Waals surface area contributed by atoms with Crippen LogP contribution in [0.4, 0.5) is 26.3 Å². The van der Waals surface area contributed by atoms with E-state index >= 15 is 0 Å². The van der Waals surface area contributed by atoms with Gasteiger partial charge in [-0.2, -0.15) is 31.4 Å². The van der Waals surface area contributed by atoms with Crippen LogP contribution in [0.2, 0.25) is 0 Å². The minimum absolute atomic E-state index is 0.0171. The molecular formula is C24H18F6N4O2S. The standard InChI is InChI=1S/C24H18F6N4O2S/c1-2-37(35,36)19-9-15(14-3-5-17(6-4-14)22(7-8-22)24(28,29)30)11-32-21(19)34-13-16-12-31-20(23(25,26)27)10-18(16)33-34/h3-6,9-13H,2,7-8H2,1H3. The molecule has 1 aliphatic carbocycles. The van der Waals surface area contributed by atoms with Gasteiger partial charge in [-0.3, -0.25) is 4.98 Å². The number of pyridine rings is 2. The molecule has 0 radical (unpaired) electrons. The van der Waals surface area contributed by atoms with Gasteiger partial charge in [0, 0.05) is 29.5 Å². The summed E-state index contributed by atoms with van der Waals surface area (Å²) >= 11 is 0. The molecule has 1 saturated carbocycles. The molecule has 37 heavy (non-hydrogen) atoms. The molecule has 0 saturated heterocycles. The van der Waals surface area contributed by atoms with Crippen molar-refractivity contribution in [1.82, 2.24) is 19.7 Å². The predicted molar refractivity (Wildman–Crippen MR) is 122 cm³/mol. The van der Waals surface area contributed by atoms with E-state index in [9.17, 15) is 34.8 Å². The number of hydrogen-bond donors (Lipinski definition) is 0. The molecule has 1 aromatic carbocycles. The van der Waals surface area contributed by atoms with Crippen LogP contribution in [-0.2, 0) is 21.4 Å². The second kappa shape index (κ2) is 8.27. The van der Waals surface area contributed by atoms with Crippen molar-refractivity contribution in [3.63, 3.8) is 0 Å². The topological polar surface area (TPSA) is 77.7 Å². The molecule has 6 nitrogen and oxygen atoms in total. The monoisotopic (exact) mass is 540 g/mol. The smallest absolute Gasteiger partial charge is 0.251 e. The molecule has 0 bridgehead atoms. The number of nitrogens with zero attached hydrogens (tertiary/aromatic N) is 4. The molecule has 3 heterocycles. The fourth-order valence-electron chi connectivity index (χ4n) is 4.18. The third-order valence-electron chi connectivity index (χ3n) is 6.51. The van der Waals surface area contributed by atoms with Crippen molar-refractivity contribution in [3.8, 4) is 16.9 Å². The zero-order chi connectivity index (χ0) is 26.8. The molecule has 0 N–H and O–H groups in total. The fourth-order valence-corrected chi connectivity index (χ4v) is 5.22. The van der Waals surface area contributed by atoms with E-state index in [0.717, 1.165) is 16.9 Å². The highest BCUT2D eigenvalue weighted by Crippen LogP contribution is 2.59. The van der Waals surface area contributed by atoms with E-state index in [0.29, 0.717) is 11.1 Å². The van der Waals surface area contributed by atoms with E-state index in [1.165, 1.54) is 49.6 Å². The summed E-state index contributed by atoms with van der Waals surface area (Å²) in [5.41, 5.74) is -2.09. The van der Waals surface area contributed by atoms with E-state index in [1.807, 2.05) is 0 Å². The number of halogens is 6. The third-order valence-corrected chi connectivity index (χ3v) is 8.24. The van der Waals surface area contributed by atoms with Crippen LogP contribution in [0.15, 0.2) is 59.9 Å². The van der Waals surface area contributed by atoms with Gasteiger partial charge in [-0.15, -0.1) is 0 Å². The maximum absolute atomic E-state index is 13.4. The van der Waals surface area contributed by atoms with Gasteiger partial charge in [0.05, 0.1) is 16.7 Å². The van der Waals surface area contributed by atoms with Gasteiger partial charge in [-0.1, -0.05) is 31.2 Å². The Bertz CT molecular complexity index is 1610. The third kappa shape index (κ3) is 4.34.